The number of benzene rings is 1. The summed E-state index contributed by atoms with van der Waals surface area (Å²) in [4.78, 5) is 17.0. The van der Waals surface area contributed by atoms with Gasteiger partial charge in [0.25, 0.3) is 0 Å². The lowest BCUT2D eigenvalue weighted by molar-refractivity contribution is 0.101. The highest BCUT2D eigenvalue weighted by Gasteiger charge is 2.21. The van der Waals surface area contributed by atoms with Gasteiger partial charge in [0, 0.05) is 5.56 Å². The first-order chi connectivity index (χ1) is 12.5. The van der Waals surface area contributed by atoms with Crippen LogP contribution in [0.2, 0.25) is 0 Å². The van der Waals surface area contributed by atoms with Crippen LogP contribution in [0.15, 0.2) is 49.1 Å². The average molecular weight is 347 g/mol. The Balaban J connectivity index is 2.72. The van der Waals surface area contributed by atoms with Crippen molar-refractivity contribution in [2.24, 2.45) is 0 Å². The van der Waals surface area contributed by atoms with E-state index < -0.39 is 0 Å². The summed E-state index contributed by atoms with van der Waals surface area (Å²) in [5.74, 6) is 0.485. The Labute approximate surface area is 155 Å². The molecule has 0 unspecified atom stereocenters. The third-order valence-corrected chi connectivity index (χ3v) is 4.34. The van der Waals surface area contributed by atoms with Crippen molar-refractivity contribution >= 4 is 17.4 Å². The molecule has 0 N–H and O–H groups in total. The molecule has 3 nitrogen and oxygen atoms in total. The minimum Gasteiger partial charge on any atom is -0.494 e. The first-order valence-electron chi connectivity index (χ1n) is 8.60. The van der Waals surface area contributed by atoms with E-state index >= 15 is 0 Å². The molecule has 0 radical (unpaired) electrons. The van der Waals surface area contributed by atoms with Crippen LogP contribution in [0.3, 0.4) is 0 Å². The second-order valence-corrected chi connectivity index (χ2v) is 5.96. The molecule has 0 aliphatic carbocycles. The number of rotatable bonds is 6. The molecular formula is C23H25NO2. The molecule has 2 aromatic rings. The number of carbonyl (C=O) groups is 1. The fraction of sp³-hybridized carbons (Fsp3) is 0.217. The van der Waals surface area contributed by atoms with Crippen molar-refractivity contribution in [3.63, 3.8) is 0 Å². The summed E-state index contributed by atoms with van der Waals surface area (Å²) in [5, 5.41) is 0. The van der Waals surface area contributed by atoms with Crippen molar-refractivity contribution in [1.29, 1.82) is 0 Å². The lowest BCUT2D eigenvalue weighted by atomic mass is 9.97. The van der Waals surface area contributed by atoms with Crippen LogP contribution in [0.25, 0.3) is 22.9 Å². The van der Waals surface area contributed by atoms with Crippen molar-refractivity contribution in [2.75, 3.05) is 7.11 Å². The molecule has 3 heteroatoms. The highest BCUT2D eigenvalue weighted by molar-refractivity contribution is 6.01. The Morgan fingerprint density at radius 1 is 1.19 bits per heavy atom. The molecule has 0 atom stereocenters. The van der Waals surface area contributed by atoms with Gasteiger partial charge in [-0.3, -0.25) is 4.79 Å². The third kappa shape index (κ3) is 3.67. The zero-order valence-corrected chi connectivity index (χ0v) is 16.1. The Morgan fingerprint density at radius 2 is 1.85 bits per heavy atom. The molecule has 1 heterocycles. The number of hydrogen-bond donors (Lipinski definition) is 0. The summed E-state index contributed by atoms with van der Waals surface area (Å²) in [6, 6.07) is 8.03. The van der Waals surface area contributed by atoms with E-state index in [0.29, 0.717) is 17.0 Å². The van der Waals surface area contributed by atoms with Crippen molar-refractivity contribution in [3.8, 4) is 17.0 Å². The molecule has 0 fully saturated rings. The summed E-state index contributed by atoms with van der Waals surface area (Å²) in [6.07, 6.45) is 7.68. The Kier molecular flexibility index (Phi) is 6.29. The molecule has 2 rings (SSSR count). The van der Waals surface area contributed by atoms with Crippen LogP contribution in [-0.4, -0.2) is 17.9 Å². The van der Waals surface area contributed by atoms with Crippen molar-refractivity contribution in [2.45, 2.75) is 27.7 Å². The van der Waals surface area contributed by atoms with Gasteiger partial charge in [-0.25, -0.2) is 4.98 Å². The summed E-state index contributed by atoms with van der Waals surface area (Å²) in [6.45, 7) is 11.2. The van der Waals surface area contributed by atoms with Gasteiger partial charge in [-0.2, -0.15) is 0 Å². The fourth-order valence-electron chi connectivity index (χ4n) is 3.03. The number of aromatic nitrogens is 1. The predicted octanol–water partition coefficient (Wildman–Crippen LogP) is 5.89. The number of methoxy groups -OCH3 is 1. The normalized spacial score (nSPS) is 11.7. The number of ketones is 1. The largest absolute Gasteiger partial charge is 0.494 e. The van der Waals surface area contributed by atoms with Gasteiger partial charge in [0.05, 0.1) is 18.4 Å². The highest BCUT2D eigenvalue weighted by atomic mass is 16.5. The Bertz CT molecular complexity index is 887. The average Bonchev–Trinajstić information content (AvgIpc) is 2.64. The highest BCUT2D eigenvalue weighted by Crippen LogP contribution is 2.36. The predicted molar refractivity (Wildman–Crippen MR) is 110 cm³/mol. The SMILES string of the molecule is C=C/C(=C\C)c1ccc(-c2nc(/C=C\C)c(C)c(C(C)=O)c2OC)cc1. The zero-order chi connectivity index (χ0) is 19.3. The smallest absolute Gasteiger partial charge is 0.163 e. The first-order valence-corrected chi connectivity index (χ1v) is 8.60. The standard InChI is InChI=1S/C23H25NO2/c1-7-10-20-15(4)21(16(5)25)23(26-6)22(24-20)19-13-11-18(12-14-19)17(8-2)9-3/h7-14H,2H2,1,3-6H3/b10-7-,17-9+. The van der Waals surface area contributed by atoms with E-state index in [2.05, 4.69) is 6.58 Å². The summed E-state index contributed by atoms with van der Waals surface area (Å²) >= 11 is 0. The topological polar surface area (TPSA) is 39.2 Å². The van der Waals surface area contributed by atoms with Crippen LogP contribution in [-0.2, 0) is 0 Å². The lowest BCUT2D eigenvalue weighted by Crippen LogP contribution is -2.07. The van der Waals surface area contributed by atoms with Gasteiger partial charge in [0.1, 0.15) is 5.69 Å². The van der Waals surface area contributed by atoms with E-state index in [4.69, 9.17) is 9.72 Å². The maximum Gasteiger partial charge on any atom is 0.163 e. The van der Waals surface area contributed by atoms with Crippen LogP contribution in [0.5, 0.6) is 5.75 Å². The third-order valence-electron chi connectivity index (χ3n) is 4.34. The van der Waals surface area contributed by atoms with E-state index in [1.54, 1.807) is 14.0 Å². The van der Waals surface area contributed by atoms with Crippen LogP contribution in [0, 0.1) is 6.92 Å². The van der Waals surface area contributed by atoms with Gasteiger partial charge in [-0.15, -0.1) is 0 Å². The van der Waals surface area contributed by atoms with Gasteiger partial charge in [-0.1, -0.05) is 49.1 Å². The number of hydrogen-bond acceptors (Lipinski definition) is 3. The zero-order valence-electron chi connectivity index (χ0n) is 16.1. The van der Waals surface area contributed by atoms with Gasteiger partial charge in [0.15, 0.2) is 11.5 Å². The van der Waals surface area contributed by atoms with Crippen LogP contribution in [0.1, 0.15) is 48.0 Å². The number of allylic oxidation sites excluding steroid dienone is 4. The summed E-state index contributed by atoms with van der Waals surface area (Å²) in [7, 11) is 1.58. The molecule has 1 aromatic carbocycles. The number of nitrogens with zero attached hydrogens (tertiary/aromatic N) is 1. The van der Waals surface area contributed by atoms with Gasteiger partial charge >= 0.3 is 0 Å². The van der Waals surface area contributed by atoms with Crippen molar-refractivity contribution in [1.82, 2.24) is 4.98 Å². The first kappa shape index (κ1) is 19.4. The number of Topliss-reactive ketones (excluding diaryl/α,β-unsaturated/α-hetero) is 1. The molecular weight excluding hydrogens is 322 g/mol. The van der Waals surface area contributed by atoms with Crippen LogP contribution >= 0.6 is 0 Å². The molecule has 0 saturated heterocycles. The second kappa shape index (κ2) is 8.43. The molecule has 0 spiro atoms. The summed E-state index contributed by atoms with van der Waals surface area (Å²) in [5.41, 5.74) is 5.91. The molecule has 0 aliphatic heterocycles. The van der Waals surface area contributed by atoms with Crippen molar-refractivity contribution < 1.29 is 9.53 Å². The maximum atomic E-state index is 12.3. The second-order valence-electron chi connectivity index (χ2n) is 5.96. The fourth-order valence-corrected chi connectivity index (χ4v) is 3.03. The molecule has 134 valence electrons. The minimum absolute atomic E-state index is 0.0340. The van der Waals surface area contributed by atoms with Gasteiger partial charge < -0.3 is 4.74 Å². The van der Waals surface area contributed by atoms with E-state index in [9.17, 15) is 4.79 Å². The van der Waals surface area contributed by atoms with Gasteiger partial charge in [0.2, 0.25) is 0 Å². The molecule has 0 bridgehead atoms. The van der Waals surface area contributed by atoms with Crippen LogP contribution < -0.4 is 4.74 Å². The maximum absolute atomic E-state index is 12.3. The van der Waals surface area contributed by atoms with E-state index in [-0.39, 0.29) is 5.78 Å². The quantitative estimate of drug-likeness (QED) is 0.483. The number of pyridine rings is 1. The molecule has 1 aromatic heterocycles. The molecule has 0 aliphatic rings. The monoisotopic (exact) mass is 347 g/mol. The Morgan fingerprint density at radius 3 is 2.31 bits per heavy atom. The van der Waals surface area contributed by atoms with E-state index in [1.165, 1.54) is 0 Å². The van der Waals surface area contributed by atoms with Gasteiger partial charge in [-0.05, 0) is 50.5 Å². The molecule has 26 heavy (non-hydrogen) atoms. The van der Waals surface area contributed by atoms with Crippen molar-refractivity contribution in [3.05, 3.63) is 71.5 Å². The molecule has 0 amide bonds. The molecule has 0 saturated carbocycles. The lowest BCUT2D eigenvalue weighted by Gasteiger charge is -2.16. The van der Waals surface area contributed by atoms with E-state index in [1.807, 2.05) is 69.3 Å². The van der Waals surface area contributed by atoms with E-state index in [0.717, 1.165) is 28.0 Å². The number of ether oxygens (including phenoxy) is 1. The minimum atomic E-state index is -0.0340. The Hall–Kier alpha value is -2.94. The number of carbonyl (C=O) groups excluding carboxylic acids is 1. The van der Waals surface area contributed by atoms with Crippen LogP contribution in [0.4, 0.5) is 0 Å². The summed E-state index contributed by atoms with van der Waals surface area (Å²) < 4.78 is 5.59.